The maximum Gasteiger partial charge on any atom is 0.271 e. The highest BCUT2D eigenvalue weighted by atomic mass is 19.1. The van der Waals surface area contributed by atoms with Crippen LogP contribution in [0.1, 0.15) is 21.9 Å². The topological polar surface area (TPSA) is 98.3 Å². The first-order chi connectivity index (χ1) is 13.0. The Labute approximate surface area is 156 Å². The van der Waals surface area contributed by atoms with E-state index in [0.717, 1.165) is 45.1 Å². The molecule has 0 aliphatic carbocycles. The highest BCUT2D eigenvalue weighted by Crippen LogP contribution is 2.09. The molecule has 0 spiro atoms. The van der Waals surface area contributed by atoms with E-state index in [2.05, 4.69) is 32.1 Å². The Hall–Kier alpha value is -2.96. The lowest BCUT2D eigenvalue weighted by molar-refractivity contribution is 0.0383. The Morgan fingerprint density at radius 1 is 1.37 bits per heavy atom. The lowest BCUT2D eigenvalue weighted by atomic mass is 10.2. The summed E-state index contributed by atoms with van der Waals surface area (Å²) in [6.07, 6.45) is 1.05. The second-order valence-corrected chi connectivity index (χ2v) is 6.09. The molecule has 0 bridgehead atoms. The number of nitrogens with zero attached hydrogens (tertiary/aromatic N) is 4. The number of anilines is 1. The lowest BCUT2D eigenvalue weighted by Crippen LogP contribution is -2.41. The number of ether oxygens (including phenoxy) is 1. The molecular formula is C18H21FN6O2. The molecular weight excluding hydrogens is 351 g/mol. The zero-order valence-corrected chi connectivity index (χ0v) is 15.0. The van der Waals surface area contributed by atoms with Crippen LogP contribution in [0.25, 0.3) is 0 Å². The molecule has 0 unspecified atom stereocenters. The van der Waals surface area contributed by atoms with Crippen molar-refractivity contribution in [2.75, 3.05) is 45.1 Å². The predicted octanol–water partition coefficient (Wildman–Crippen LogP) is -0.00180. The van der Waals surface area contributed by atoms with Crippen LogP contribution in [0.2, 0.25) is 0 Å². The van der Waals surface area contributed by atoms with Crippen LogP contribution < -0.4 is 11.1 Å². The number of halogens is 1. The number of nitrogens with one attached hydrogen (secondary N) is 1. The van der Waals surface area contributed by atoms with Crippen molar-refractivity contribution >= 4 is 11.6 Å². The third kappa shape index (κ3) is 5.03. The van der Waals surface area contributed by atoms with Crippen molar-refractivity contribution in [1.82, 2.24) is 25.0 Å². The van der Waals surface area contributed by atoms with Gasteiger partial charge in [0, 0.05) is 45.4 Å². The normalized spacial score (nSPS) is 14.4. The number of pyridine rings is 1. The Bertz CT molecular complexity index is 880. The largest absolute Gasteiger partial charge is 0.396 e. The van der Waals surface area contributed by atoms with Crippen LogP contribution in [-0.4, -0.2) is 65.0 Å². The number of carbonyl (C=O) groups excluding carboxylic acids is 1. The van der Waals surface area contributed by atoms with Gasteiger partial charge in [0.2, 0.25) is 0 Å². The van der Waals surface area contributed by atoms with Gasteiger partial charge >= 0.3 is 0 Å². The number of carbonyl (C=O) groups is 1. The fourth-order valence-corrected chi connectivity index (χ4v) is 2.62. The van der Waals surface area contributed by atoms with E-state index in [1.807, 2.05) is 0 Å². The molecule has 9 heteroatoms. The molecule has 0 radical (unpaired) electrons. The summed E-state index contributed by atoms with van der Waals surface area (Å²) in [5.41, 5.74) is 6.93. The summed E-state index contributed by atoms with van der Waals surface area (Å²) in [7, 11) is 1.69. The number of morpholine rings is 1. The minimum atomic E-state index is -0.519. The molecule has 2 aromatic heterocycles. The van der Waals surface area contributed by atoms with E-state index >= 15 is 0 Å². The Morgan fingerprint density at radius 2 is 2.15 bits per heavy atom. The summed E-state index contributed by atoms with van der Waals surface area (Å²) in [6, 6.07) is 2.75. The zero-order valence-electron chi connectivity index (χ0n) is 15.0. The predicted molar refractivity (Wildman–Crippen MR) is 97.4 cm³/mol. The number of aromatic nitrogens is 3. The highest BCUT2D eigenvalue weighted by molar-refractivity contribution is 5.92. The average molecular weight is 372 g/mol. The molecule has 142 valence electrons. The van der Waals surface area contributed by atoms with Crippen LogP contribution in [0.4, 0.5) is 10.1 Å². The average Bonchev–Trinajstić information content (AvgIpc) is 3.03. The van der Waals surface area contributed by atoms with Crippen molar-refractivity contribution in [1.29, 1.82) is 0 Å². The van der Waals surface area contributed by atoms with Crippen LogP contribution in [0.5, 0.6) is 0 Å². The second-order valence-electron chi connectivity index (χ2n) is 6.09. The molecule has 3 N–H and O–H groups in total. The third-order valence-corrected chi connectivity index (χ3v) is 4.12. The van der Waals surface area contributed by atoms with Crippen LogP contribution >= 0.6 is 0 Å². The lowest BCUT2D eigenvalue weighted by Gasteiger charge is -2.26. The fraction of sp³-hybridized carbons (Fsp3) is 0.389. The molecule has 0 saturated carbocycles. The molecule has 3 rings (SSSR count). The van der Waals surface area contributed by atoms with Gasteiger partial charge in [-0.15, -0.1) is 0 Å². The van der Waals surface area contributed by atoms with Gasteiger partial charge in [0.05, 0.1) is 25.1 Å². The molecule has 0 aromatic carbocycles. The van der Waals surface area contributed by atoms with E-state index < -0.39 is 5.82 Å². The summed E-state index contributed by atoms with van der Waals surface area (Å²) < 4.78 is 19.8. The van der Waals surface area contributed by atoms with Crippen LogP contribution in [0, 0.1) is 17.7 Å². The van der Waals surface area contributed by atoms with E-state index in [-0.39, 0.29) is 23.0 Å². The van der Waals surface area contributed by atoms with E-state index in [1.54, 1.807) is 13.1 Å². The first kappa shape index (κ1) is 18.8. The summed E-state index contributed by atoms with van der Waals surface area (Å²) in [4.78, 5) is 18.4. The van der Waals surface area contributed by atoms with Gasteiger partial charge in [-0.2, -0.15) is 5.10 Å². The Kier molecular flexibility index (Phi) is 6.01. The quantitative estimate of drug-likeness (QED) is 0.733. The molecule has 8 nitrogen and oxygen atoms in total. The van der Waals surface area contributed by atoms with E-state index in [1.165, 1.54) is 4.68 Å². The summed E-state index contributed by atoms with van der Waals surface area (Å²) >= 11 is 0. The first-order valence-electron chi connectivity index (χ1n) is 8.58. The van der Waals surface area contributed by atoms with Crippen LogP contribution in [0.3, 0.4) is 0 Å². The minimum Gasteiger partial charge on any atom is -0.396 e. The number of nitrogens with two attached hydrogens (primary N) is 1. The molecule has 1 saturated heterocycles. The van der Waals surface area contributed by atoms with Crippen molar-refractivity contribution in [2.45, 2.75) is 0 Å². The second kappa shape index (κ2) is 8.62. The van der Waals surface area contributed by atoms with E-state index in [0.29, 0.717) is 12.2 Å². The van der Waals surface area contributed by atoms with Crippen molar-refractivity contribution in [3.05, 3.63) is 41.2 Å². The number of aryl methyl sites for hydroxylation is 1. The maximum atomic E-state index is 13.0. The highest BCUT2D eigenvalue weighted by Gasteiger charge is 2.13. The van der Waals surface area contributed by atoms with E-state index in [4.69, 9.17) is 10.5 Å². The molecule has 1 amide bonds. The third-order valence-electron chi connectivity index (χ3n) is 4.12. The van der Waals surface area contributed by atoms with Crippen molar-refractivity contribution < 1.29 is 13.9 Å². The molecule has 1 aliphatic rings. The molecule has 1 fully saturated rings. The molecule has 27 heavy (non-hydrogen) atoms. The maximum absolute atomic E-state index is 13.0. The van der Waals surface area contributed by atoms with Gasteiger partial charge in [0.25, 0.3) is 5.91 Å². The Morgan fingerprint density at radius 3 is 2.89 bits per heavy atom. The molecule has 3 heterocycles. The monoisotopic (exact) mass is 372 g/mol. The van der Waals surface area contributed by atoms with Gasteiger partial charge in [-0.1, -0.05) is 0 Å². The molecule has 2 aromatic rings. The molecule has 1 aliphatic heterocycles. The zero-order chi connectivity index (χ0) is 19.2. The number of hydrogen-bond donors (Lipinski definition) is 2. The number of nitrogen functional groups attached to an aromatic ring is 1. The minimum absolute atomic E-state index is 0.158. The van der Waals surface area contributed by atoms with E-state index in [9.17, 15) is 9.18 Å². The van der Waals surface area contributed by atoms with Crippen molar-refractivity contribution in [3.8, 4) is 11.8 Å². The van der Waals surface area contributed by atoms with Crippen LogP contribution in [0.15, 0.2) is 18.3 Å². The van der Waals surface area contributed by atoms with Gasteiger partial charge in [-0.05, 0) is 11.8 Å². The van der Waals surface area contributed by atoms with Crippen LogP contribution in [-0.2, 0) is 11.8 Å². The van der Waals surface area contributed by atoms with Crippen molar-refractivity contribution in [3.63, 3.8) is 0 Å². The van der Waals surface area contributed by atoms with Gasteiger partial charge in [0.1, 0.15) is 17.2 Å². The van der Waals surface area contributed by atoms with Gasteiger partial charge in [-0.25, -0.2) is 9.37 Å². The standard InChI is InChI=1S/C18H21FN6O2/c1-24-14(2-3-16-15(20)10-13(19)12-22-16)11-17(23-24)18(26)21-4-5-25-6-8-27-9-7-25/h10-12H,4-9,20H2,1H3,(H,21,26). The fourth-order valence-electron chi connectivity index (χ4n) is 2.62. The Balaban J connectivity index is 1.60. The summed E-state index contributed by atoms with van der Waals surface area (Å²) in [5.74, 6) is 4.85. The number of hydrogen-bond acceptors (Lipinski definition) is 6. The summed E-state index contributed by atoms with van der Waals surface area (Å²) in [5, 5.41) is 7.04. The molecule has 0 atom stereocenters. The van der Waals surface area contributed by atoms with Gasteiger partial charge in [0.15, 0.2) is 5.69 Å². The smallest absolute Gasteiger partial charge is 0.271 e. The number of amides is 1. The van der Waals surface area contributed by atoms with Gasteiger partial charge < -0.3 is 15.8 Å². The SMILES string of the molecule is Cn1nc(C(=O)NCCN2CCOCC2)cc1C#Cc1ncc(F)cc1N. The first-order valence-corrected chi connectivity index (χ1v) is 8.58. The van der Waals surface area contributed by atoms with Crippen molar-refractivity contribution in [2.24, 2.45) is 7.05 Å². The number of rotatable bonds is 4. The van der Waals surface area contributed by atoms with Gasteiger partial charge in [-0.3, -0.25) is 14.4 Å². The summed E-state index contributed by atoms with van der Waals surface area (Å²) in [6.45, 7) is 4.50.